The number of methoxy groups -OCH3 is 1. The minimum atomic E-state index is 0.426. The predicted octanol–water partition coefficient (Wildman–Crippen LogP) is 1.79. The van der Waals surface area contributed by atoms with Crippen molar-refractivity contribution >= 4 is 17.2 Å². The second-order valence-electron chi connectivity index (χ2n) is 3.55. The van der Waals surface area contributed by atoms with Crippen LogP contribution >= 0.6 is 12.2 Å². The van der Waals surface area contributed by atoms with Gasteiger partial charge in [0.05, 0.1) is 19.8 Å². The van der Waals surface area contributed by atoms with Crippen molar-refractivity contribution in [1.82, 2.24) is 0 Å². The van der Waals surface area contributed by atoms with Gasteiger partial charge in [-0.2, -0.15) is 0 Å². The molecule has 0 aliphatic heterocycles. The molecule has 1 aromatic carbocycles. The van der Waals surface area contributed by atoms with Crippen molar-refractivity contribution in [3.63, 3.8) is 0 Å². The fourth-order valence-corrected chi connectivity index (χ4v) is 1.46. The van der Waals surface area contributed by atoms with E-state index in [1.807, 2.05) is 25.1 Å². The van der Waals surface area contributed by atoms with Crippen LogP contribution in [0.15, 0.2) is 18.2 Å². The zero-order valence-electron chi connectivity index (χ0n) is 9.66. The molecule has 0 saturated carbocycles. The molecule has 1 aromatic rings. The van der Waals surface area contributed by atoms with Crippen molar-refractivity contribution in [2.75, 3.05) is 20.3 Å². The Bertz CT molecular complexity index is 366. The molecule has 0 saturated heterocycles. The standard InChI is InChI=1S/C12H17NO2S/c1-9-7-10(12(13)16)3-4-11(9)8-15-6-5-14-2/h3-4,7H,5-6,8H2,1-2H3,(H2,13,16). The van der Waals surface area contributed by atoms with Gasteiger partial charge in [-0.3, -0.25) is 0 Å². The van der Waals surface area contributed by atoms with Gasteiger partial charge < -0.3 is 15.2 Å². The maximum Gasteiger partial charge on any atom is 0.103 e. The highest BCUT2D eigenvalue weighted by atomic mass is 32.1. The van der Waals surface area contributed by atoms with Crippen molar-refractivity contribution < 1.29 is 9.47 Å². The summed E-state index contributed by atoms with van der Waals surface area (Å²) in [5.41, 5.74) is 8.74. The van der Waals surface area contributed by atoms with Gasteiger partial charge in [-0.15, -0.1) is 0 Å². The lowest BCUT2D eigenvalue weighted by Gasteiger charge is -2.08. The molecule has 0 aliphatic carbocycles. The number of hydrogen-bond donors (Lipinski definition) is 1. The number of rotatable bonds is 6. The topological polar surface area (TPSA) is 44.5 Å². The van der Waals surface area contributed by atoms with E-state index in [1.165, 1.54) is 0 Å². The summed E-state index contributed by atoms with van der Waals surface area (Å²) in [6.45, 7) is 3.83. The third kappa shape index (κ3) is 3.89. The number of ether oxygens (including phenoxy) is 2. The number of benzene rings is 1. The van der Waals surface area contributed by atoms with E-state index in [0.29, 0.717) is 24.8 Å². The van der Waals surface area contributed by atoms with Gasteiger partial charge in [0.1, 0.15) is 4.99 Å². The second-order valence-corrected chi connectivity index (χ2v) is 3.99. The summed E-state index contributed by atoms with van der Waals surface area (Å²) >= 11 is 4.92. The van der Waals surface area contributed by atoms with Crippen LogP contribution in [0.1, 0.15) is 16.7 Å². The highest BCUT2D eigenvalue weighted by Gasteiger charge is 2.02. The molecule has 3 nitrogen and oxygen atoms in total. The molecule has 0 spiro atoms. The molecular formula is C12H17NO2S. The first-order chi connectivity index (χ1) is 7.65. The Morgan fingerprint density at radius 2 is 2.12 bits per heavy atom. The van der Waals surface area contributed by atoms with E-state index in [4.69, 9.17) is 27.4 Å². The SMILES string of the molecule is COCCOCc1ccc(C(N)=S)cc1C. The van der Waals surface area contributed by atoms with Crippen molar-refractivity contribution in [3.05, 3.63) is 34.9 Å². The number of nitrogens with two attached hydrogens (primary N) is 1. The predicted molar refractivity (Wildman–Crippen MR) is 68.6 cm³/mol. The molecule has 16 heavy (non-hydrogen) atoms. The van der Waals surface area contributed by atoms with Gasteiger partial charge in [0, 0.05) is 12.7 Å². The molecule has 88 valence electrons. The van der Waals surface area contributed by atoms with Crippen LogP contribution in [0, 0.1) is 6.92 Å². The van der Waals surface area contributed by atoms with Crippen molar-refractivity contribution in [2.45, 2.75) is 13.5 Å². The van der Waals surface area contributed by atoms with E-state index in [9.17, 15) is 0 Å². The van der Waals surface area contributed by atoms with Crippen LogP contribution in [0.3, 0.4) is 0 Å². The maximum absolute atomic E-state index is 5.56. The summed E-state index contributed by atoms with van der Waals surface area (Å²) in [5, 5.41) is 0. The molecule has 0 aliphatic rings. The van der Waals surface area contributed by atoms with E-state index in [0.717, 1.165) is 16.7 Å². The first-order valence-electron chi connectivity index (χ1n) is 5.11. The molecule has 0 fully saturated rings. The lowest BCUT2D eigenvalue weighted by atomic mass is 10.1. The summed E-state index contributed by atoms with van der Waals surface area (Å²) < 4.78 is 10.4. The summed E-state index contributed by atoms with van der Waals surface area (Å²) in [7, 11) is 1.66. The van der Waals surface area contributed by atoms with Crippen LogP contribution in [0.2, 0.25) is 0 Å². The third-order valence-corrected chi connectivity index (χ3v) is 2.55. The molecule has 2 N–H and O–H groups in total. The minimum absolute atomic E-state index is 0.426. The summed E-state index contributed by atoms with van der Waals surface area (Å²) in [6.07, 6.45) is 0. The lowest BCUT2D eigenvalue weighted by molar-refractivity contribution is 0.0614. The zero-order chi connectivity index (χ0) is 12.0. The van der Waals surface area contributed by atoms with Crippen LogP contribution in [0.25, 0.3) is 0 Å². The van der Waals surface area contributed by atoms with Gasteiger partial charge in [0.15, 0.2) is 0 Å². The smallest absolute Gasteiger partial charge is 0.103 e. The first kappa shape index (κ1) is 13.1. The number of hydrogen-bond acceptors (Lipinski definition) is 3. The Labute approximate surface area is 102 Å². The van der Waals surface area contributed by atoms with Gasteiger partial charge in [-0.1, -0.05) is 24.4 Å². The Morgan fingerprint density at radius 1 is 1.38 bits per heavy atom. The molecule has 0 amide bonds. The second kappa shape index (κ2) is 6.58. The maximum atomic E-state index is 5.56. The third-order valence-electron chi connectivity index (χ3n) is 2.32. The molecule has 0 heterocycles. The number of thiocarbonyl (C=S) groups is 1. The molecule has 1 rings (SSSR count). The Hall–Kier alpha value is -0.970. The largest absolute Gasteiger partial charge is 0.389 e. The lowest BCUT2D eigenvalue weighted by Crippen LogP contribution is -2.10. The fourth-order valence-electron chi connectivity index (χ4n) is 1.34. The van der Waals surface area contributed by atoms with E-state index in [2.05, 4.69) is 0 Å². The van der Waals surface area contributed by atoms with E-state index in [1.54, 1.807) is 7.11 Å². The van der Waals surface area contributed by atoms with Gasteiger partial charge in [0.25, 0.3) is 0 Å². The molecule has 0 atom stereocenters. The zero-order valence-corrected chi connectivity index (χ0v) is 10.5. The normalized spacial score (nSPS) is 10.4. The number of aryl methyl sites for hydroxylation is 1. The molecule has 0 aromatic heterocycles. The van der Waals surface area contributed by atoms with E-state index in [-0.39, 0.29) is 0 Å². The summed E-state index contributed by atoms with van der Waals surface area (Å²) in [4.78, 5) is 0.426. The van der Waals surface area contributed by atoms with Gasteiger partial charge in [0.2, 0.25) is 0 Å². The highest BCUT2D eigenvalue weighted by molar-refractivity contribution is 7.80. The quantitative estimate of drug-likeness (QED) is 0.607. The average molecular weight is 239 g/mol. The Morgan fingerprint density at radius 3 is 2.69 bits per heavy atom. The van der Waals surface area contributed by atoms with Gasteiger partial charge in [-0.25, -0.2) is 0 Å². The van der Waals surface area contributed by atoms with Crippen LogP contribution < -0.4 is 5.73 Å². The summed E-state index contributed by atoms with van der Waals surface area (Å²) in [5.74, 6) is 0. The molecular weight excluding hydrogens is 222 g/mol. The average Bonchev–Trinajstić information content (AvgIpc) is 2.26. The fraction of sp³-hybridized carbons (Fsp3) is 0.417. The van der Waals surface area contributed by atoms with Gasteiger partial charge >= 0.3 is 0 Å². The van der Waals surface area contributed by atoms with Crippen LogP contribution in [0.4, 0.5) is 0 Å². The Kier molecular flexibility index (Phi) is 5.38. The molecule has 0 unspecified atom stereocenters. The summed E-state index contributed by atoms with van der Waals surface area (Å²) in [6, 6.07) is 5.90. The van der Waals surface area contributed by atoms with Gasteiger partial charge in [-0.05, 0) is 24.1 Å². The minimum Gasteiger partial charge on any atom is -0.389 e. The van der Waals surface area contributed by atoms with Crippen molar-refractivity contribution in [2.24, 2.45) is 5.73 Å². The van der Waals surface area contributed by atoms with E-state index >= 15 is 0 Å². The first-order valence-corrected chi connectivity index (χ1v) is 5.52. The van der Waals surface area contributed by atoms with Crippen LogP contribution in [-0.2, 0) is 16.1 Å². The molecule has 0 radical (unpaired) electrons. The van der Waals surface area contributed by atoms with Crippen molar-refractivity contribution in [1.29, 1.82) is 0 Å². The Balaban J connectivity index is 2.57. The molecule has 4 heteroatoms. The molecule has 0 bridgehead atoms. The van der Waals surface area contributed by atoms with E-state index < -0.39 is 0 Å². The van der Waals surface area contributed by atoms with Crippen molar-refractivity contribution in [3.8, 4) is 0 Å². The van der Waals surface area contributed by atoms with Crippen LogP contribution in [-0.4, -0.2) is 25.3 Å². The van der Waals surface area contributed by atoms with Crippen LogP contribution in [0.5, 0.6) is 0 Å². The highest BCUT2D eigenvalue weighted by Crippen LogP contribution is 2.12. The monoisotopic (exact) mass is 239 g/mol.